The van der Waals surface area contributed by atoms with Gasteiger partial charge in [0.25, 0.3) is 5.91 Å². The molecule has 0 spiro atoms. The maximum atomic E-state index is 12.7. The second kappa shape index (κ2) is 5.65. The Hall–Kier alpha value is -2.17. The molecule has 0 saturated carbocycles. The standard InChI is InChI=1S/C14H16FN3O/c1-9(2)12-7-13(18-17-12)14(19)16-8-10-3-5-11(15)6-4-10/h3-7,9H,8H2,1-2H3,(H,16,19)(H,17,18). The van der Waals surface area contributed by atoms with Crippen molar-refractivity contribution in [3.63, 3.8) is 0 Å². The van der Waals surface area contributed by atoms with E-state index in [0.717, 1.165) is 11.3 Å². The lowest BCUT2D eigenvalue weighted by Crippen LogP contribution is -2.23. The topological polar surface area (TPSA) is 57.8 Å². The molecule has 0 aliphatic rings. The summed E-state index contributed by atoms with van der Waals surface area (Å²) in [6, 6.07) is 7.75. The van der Waals surface area contributed by atoms with Crippen LogP contribution in [-0.2, 0) is 6.54 Å². The molecule has 1 amide bonds. The number of benzene rings is 1. The molecule has 0 aliphatic heterocycles. The predicted molar refractivity (Wildman–Crippen MR) is 70.2 cm³/mol. The number of hydrogen-bond acceptors (Lipinski definition) is 2. The van der Waals surface area contributed by atoms with Crippen LogP contribution in [0.2, 0.25) is 0 Å². The Morgan fingerprint density at radius 1 is 1.37 bits per heavy atom. The second-order valence-corrected chi connectivity index (χ2v) is 4.67. The summed E-state index contributed by atoms with van der Waals surface area (Å²) in [5, 5.41) is 9.54. The Kier molecular flexibility index (Phi) is 3.94. The molecule has 5 heteroatoms. The van der Waals surface area contributed by atoms with Crippen molar-refractivity contribution >= 4 is 5.91 Å². The number of rotatable bonds is 4. The predicted octanol–water partition coefficient (Wildman–Crippen LogP) is 2.60. The molecule has 0 fully saturated rings. The third-order valence-electron chi connectivity index (χ3n) is 2.82. The van der Waals surface area contributed by atoms with Crippen molar-refractivity contribution < 1.29 is 9.18 Å². The molecule has 1 aromatic heterocycles. The number of aromatic nitrogens is 2. The van der Waals surface area contributed by atoms with E-state index in [1.807, 2.05) is 13.8 Å². The normalized spacial score (nSPS) is 10.7. The van der Waals surface area contributed by atoms with Gasteiger partial charge >= 0.3 is 0 Å². The molecule has 4 nitrogen and oxygen atoms in total. The Morgan fingerprint density at radius 2 is 2.05 bits per heavy atom. The first-order chi connectivity index (χ1) is 9.06. The van der Waals surface area contributed by atoms with E-state index in [1.165, 1.54) is 12.1 Å². The molecule has 100 valence electrons. The summed E-state index contributed by atoms with van der Waals surface area (Å²) in [5.41, 5.74) is 2.13. The molecule has 0 unspecified atom stereocenters. The van der Waals surface area contributed by atoms with Crippen LogP contribution in [-0.4, -0.2) is 16.1 Å². The zero-order valence-corrected chi connectivity index (χ0v) is 10.9. The van der Waals surface area contributed by atoms with Gasteiger partial charge in [0.15, 0.2) is 0 Å². The van der Waals surface area contributed by atoms with Crippen molar-refractivity contribution in [3.05, 3.63) is 53.1 Å². The fourth-order valence-corrected chi connectivity index (χ4v) is 1.62. The Bertz CT molecular complexity index is 560. The highest BCUT2D eigenvalue weighted by atomic mass is 19.1. The van der Waals surface area contributed by atoms with Crippen LogP contribution in [0.25, 0.3) is 0 Å². The zero-order valence-electron chi connectivity index (χ0n) is 10.9. The molecule has 1 aromatic carbocycles. The number of carbonyl (C=O) groups is 1. The average molecular weight is 261 g/mol. The highest BCUT2D eigenvalue weighted by molar-refractivity contribution is 5.92. The fourth-order valence-electron chi connectivity index (χ4n) is 1.62. The largest absolute Gasteiger partial charge is 0.347 e. The van der Waals surface area contributed by atoms with Crippen LogP contribution >= 0.6 is 0 Å². The van der Waals surface area contributed by atoms with E-state index in [1.54, 1.807) is 18.2 Å². The van der Waals surface area contributed by atoms with E-state index in [4.69, 9.17) is 0 Å². The van der Waals surface area contributed by atoms with Crippen LogP contribution in [0.4, 0.5) is 4.39 Å². The van der Waals surface area contributed by atoms with Crippen LogP contribution in [0.3, 0.4) is 0 Å². The lowest BCUT2D eigenvalue weighted by molar-refractivity contribution is 0.0946. The van der Waals surface area contributed by atoms with Gasteiger partial charge in [-0.2, -0.15) is 5.10 Å². The Balaban J connectivity index is 1.95. The summed E-state index contributed by atoms with van der Waals surface area (Å²) in [7, 11) is 0. The van der Waals surface area contributed by atoms with E-state index in [0.29, 0.717) is 18.2 Å². The Labute approximate surface area is 111 Å². The van der Waals surface area contributed by atoms with E-state index in [2.05, 4.69) is 15.5 Å². The molecule has 1 heterocycles. The van der Waals surface area contributed by atoms with Crippen molar-refractivity contribution in [3.8, 4) is 0 Å². The molecule has 0 saturated heterocycles. The third kappa shape index (κ3) is 3.40. The van der Waals surface area contributed by atoms with Gasteiger partial charge in [-0.3, -0.25) is 9.89 Å². The van der Waals surface area contributed by atoms with Crippen LogP contribution in [0.5, 0.6) is 0 Å². The summed E-state index contributed by atoms with van der Waals surface area (Å²) >= 11 is 0. The summed E-state index contributed by atoms with van der Waals surface area (Å²) in [6.07, 6.45) is 0. The monoisotopic (exact) mass is 261 g/mol. The third-order valence-corrected chi connectivity index (χ3v) is 2.82. The number of nitrogens with zero attached hydrogens (tertiary/aromatic N) is 1. The lowest BCUT2D eigenvalue weighted by atomic mass is 10.1. The maximum absolute atomic E-state index is 12.7. The molecule has 2 N–H and O–H groups in total. The van der Waals surface area contributed by atoms with Gasteiger partial charge in [-0.15, -0.1) is 0 Å². The first kappa shape index (κ1) is 13.3. The quantitative estimate of drug-likeness (QED) is 0.888. The number of halogens is 1. The highest BCUT2D eigenvalue weighted by Crippen LogP contribution is 2.11. The second-order valence-electron chi connectivity index (χ2n) is 4.67. The molecule has 2 aromatic rings. The number of nitrogens with one attached hydrogen (secondary N) is 2. The van der Waals surface area contributed by atoms with E-state index in [-0.39, 0.29) is 11.7 Å². The number of carbonyl (C=O) groups excluding carboxylic acids is 1. The van der Waals surface area contributed by atoms with Crippen molar-refractivity contribution in [1.82, 2.24) is 15.5 Å². The van der Waals surface area contributed by atoms with Crippen molar-refractivity contribution in [2.45, 2.75) is 26.3 Å². The van der Waals surface area contributed by atoms with Crippen molar-refractivity contribution in [2.24, 2.45) is 0 Å². The molecule has 19 heavy (non-hydrogen) atoms. The van der Waals surface area contributed by atoms with Gasteiger partial charge in [-0.05, 0) is 29.7 Å². The number of H-pyrrole nitrogens is 1. The first-order valence-corrected chi connectivity index (χ1v) is 6.14. The zero-order chi connectivity index (χ0) is 13.8. The molecular formula is C14H16FN3O. The fraction of sp³-hybridized carbons (Fsp3) is 0.286. The van der Waals surface area contributed by atoms with Crippen LogP contribution in [0.15, 0.2) is 30.3 Å². The summed E-state index contributed by atoms with van der Waals surface area (Å²) in [4.78, 5) is 11.9. The molecule has 0 aliphatic carbocycles. The smallest absolute Gasteiger partial charge is 0.272 e. The van der Waals surface area contributed by atoms with E-state index >= 15 is 0 Å². The van der Waals surface area contributed by atoms with Gasteiger partial charge < -0.3 is 5.32 Å². The number of hydrogen-bond donors (Lipinski definition) is 2. The maximum Gasteiger partial charge on any atom is 0.272 e. The number of aromatic amines is 1. The van der Waals surface area contributed by atoms with Gasteiger partial charge in [0.1, 0.15) is 11.5 Å². The van der Waals surface area contributed by atoms with Crippen molar-refractivity contribution in [2.75, 3.05) is 0 Å². The minimum atomic E-state index is -0.288. The summed E-state index contributed by atoms with van der Waals surface area (Å²) in [5.74, 6) is -0.234. The molecular weight excluding hydrogens is 245 g/mol. The molecule has 0 radical (unpaired) electrons. The SMILES string of the molecule is CC(C)c1cc(C(=O)NCc2ccc(F)cc2)n[nH]1. The highest BCUT2D eigenvalue weighted by Gasteiger charge is 2.11. The molecule has 0 atom stereocenters. The number of amides is 1. The minimum Gasteiger partial charge on any atom is -0.347 e. The summed E-state index contributed by atoms with van der Waals surface area (Å²) in [6.45, 7) is 4.39. The van der Waals surface area contributed by atoms with Crippen LogP contribution in [0.1, 0.15) is 41.5 Å². The van der Waals surface area contributed by atoms with Gasteiger partial charge in [0.2, 0.25) is 0 Å². The molecule has 2 rings (SSSR count). The van der Waals surface area contributed by atoms with Gasteiger partial charge in [0, 0.05) is 12.2 Å². The van der Waals surface area contributed by atoms with Gasteiger partial charge in [-0.1, -0.05) is 26.0 Å². The van der Waals surface area contributed by atoms with E-state index < -0.39 is 0 Å². The van der Waals surface area contributed by atoms with Crippen LogP contribution < -0.4 is 5.32 Å². The lowest BCUT2D eigenvalue weighted by Gasteiger charge is -2.03. The minimum absolute atomic E-state index is 0.243. The van der Waals surface area contributed by atoms with Gasteiger partial charge in [-0.25, -0.2) is 4.39 Å². The summed E-state index contributed by atoms with van der Waals surface area (Å²) < 4.78 is 12.7. The first-order valence-electron chi connectivity index (χ1n) is 6.14. The van der Waals surface area contributed by atoms with E-state index in [9.17, 15) is 9.18 Å². The van der Waals surface area contributed by atoms with Gasteiger partial charge in [0.05, 0.1) is 0 Å². The van der Waals surface area contributed by atoms with Crippen LogP contribution in [0, 0.1) is 5.82 Å². The molecule has 0 bridgehead atoms. The average Bonchev–Trinajstić information content (AvgIpc) is 2.87. The Morgan fingerprint density at radius 3 is 2.63 bits per heavy atom. The van der Waals surface area contributed by atoms with Crippen molar-refractivity contribution in [1.29, 1.82) is 0 Å².